The van der Waals surface area contributed by atoms with Crippen LogP contribution in [0.1, 0.15) is 49.6 Å². The van der Waals surface area contributed by atoms with Crippen LogP contribution in [-0.4, -0.2) is 16.2 Å². The monoisotopic (exact) mass is 462 g/mol. The lowest BCUT2D eigenvalue weighted by Crippen LogP contribution is -2.09. The minimum atomic E-state index is 0.403. The number of halogens is 1. The highest BCUT2D eigenvalue weighted by atomic mass is 35.5. The first-order valence-corrected chi connectivity index (χ1v) is 11.9. The van der Waals surface area contributed by atoms with Gasteiger partial charge in [-0.3, -0.25) is 0 Å². The second kappa shape index (κ2) is 10.8. The SMILES string of the molecule is Cc1ccc(C(C)C)c(OCc2nc3ccccc3n2CCCCOc2ccc(Cl)cc2)c1. The number of fused-ring (bicyclic) bond motifs is 1. The molecule has 4 nitrogen and oxygen atoms in total. The van der Waals surface area contributed by atoms with Crippen molar-refractivity contribution in [3.63, 3.8) is 0 Å². The number of unbranched alkanes of at least 4 members (excludes halogenated alkanes) is 1. The largest absolute Gasteiger partial charge is 0.494 e. The molecule has 0 aliphatic heterocycles. The van der Waals surface area contributed by atoms with Crippen LogP contribution in [0.2, 0.25) is 5.02 Å². The first-order valence-electron chi connectivity index (χ1n) is 11.6. The number of para-hydroxylation sites is 2. The van der Waals surface area contributed by atoms with Gasteiger partial charge in [0.25, 0.3) is 0 Å². The Bertz CT molecular complexity index is 1200. The van der Waals surface area contributed by atoms with E-state index in [0.717, 1.165) is 52.8 Å². The van der Waals surface area contributed by atoms with Gasteiger partial charge in [-0.2, -0.15) is 0 Å². The zero-order chi connectivity index (χ0) is 23.2. The van der Waals surface area contributed by atoms with Crippen molar-refractivity contribution in [2.45, 2.75) is 52.7 Å². The Balaban J connectivity index is 1.42. The summed E-state index contributed by atoms with van der Waals surface area (Å²) in [6.07, 6.45) is 1.94. The smallest absolute Gasteiger partial charge is 0.147 e. The zero-order valence-corrected chi connectivity index (χ0v) is 20.3. The molecule has 4 aromatic rings. The van der Waals surface area contributed by atoms with Crippen molar-refractivity contribution in [2.75, 3.05) is 6.61 Å². The molecule has 172 valence electrons. The van der Waals surface area contributed by atoms with Crippen LogP contribution in [-0.2, 0) is 13.2 Å². The molecular weight excluding hydrogens is 432 g/mol. The van der Waals surface area contributed by atoms with E-state index < -0.39 is 0 Å². The molecule has 1 heterocycles. The Kier molecular flexibility index (Phi) is 7.56. The molecule has 0 amide bonds. The standard InChI is InChI=1S/C28H31ClN2O2/c1-20(2)24-15-10-21(3)18-27(24)33-19-28-30-25-8-4-5-9-26(25)31(28)16-6-7-17-32-23-13-11-22(29)12-14-23/h4-5,8-15,18,20H,6-7,16-17,19H2,1-3H3. The number of aromatic nitrogens is 2. The second-order valence-corrected chi connectivity index (χ2v) is 9.10. The van der Waals surface area contributed by atoms with Gasteiger partial charge in [0.15, 0.2) is 0 Å². The van der Waals surface area contributed by atoms with Crippen LogP contribution in [0.15, 0.2) is 66.7 Å². The molecule has 0 saturated carbocycles. The van der Waals surface area contributed by atoms with Gasteiger partial charge in [-0.25, -0.2) is 4.98 Å². The molecular formula is C28H31ClN2O2. The molecule has 0 aliphatic carbocycles. The maximum atomic E-state index is 6.31. The fourth-order valence-corrected chi connectivity index (χ4v) is 4.09. The summed E-state index contributed by atoms with van der Waals surface area (Å²) in [6, 6.07) is 22.2. The molecule has 0 atom stereocenters. The number of hydrogen-bond acceptors (Lipinski definition) is 3. The Hall–Kier alpha value is -2.98. The third-order valence-electron chi connectivity index (χ3n) is 5.74. The highest BCUT2D eigenvalue weighted by Crippen LogP contribution is 2.28. The molecule has 5 heteroatoms. The van der Waals surface area contributed by atoms with Gasteiger partial charge >= 0.3 is 0 Å². The quantitative estimate of drug-likeness (QED) is 0.228. The number of rotatable bonds is 10. The molecule has 3 aromatic carbocycles. The fourth-order valence-electron chi connectivity index (χ4n) is 3.96. The number of benzene rings is 3. The Morgan fingerprint density at radius 2 is 1.73 bits per heavy atom. The predicted molar refractivity (Wildman–Crippen MR) is 136 cm³/mol. The van der Waals surface area contributed by atoms with Crippen LogP contribution >= 0.6 is 11.6 Å². The highest BCUT2D eigenvalue weighted by molar-refractivity contribution is 6.30. The van der Waals surface area contributed by atoms with E-state index in [-0.39, 0.29) is 0 Å². The fraction of sp³-hybridized carbons (Fsp3) is 0.321. The Labute approximate surface area is 201 Å². The van der Waals surface area contributed by atoms with Crippen LogP contribution in [0.4, 0.5) is 0 Å². The number of nitrogens with zero attached hydrogens (tertiary/aromatic N) is 2. The van der Waals surface area contributed by atoms with Gasteiger partial charge in [-0.1, -0.05) is 49.7 Å². The van der Waals surface area contributed by atoms with Crippen LogP contribution in [0.5, 0.6) is 11.5 Å². The molecule has 4 rings (SSSR count). The lowest BCUT2D eigenvalue weighted by molar-refractivity contribution is 0.282. The van der Waals surface area contributed by atoms with Crippen LogP contribution < -0.4 is 9.47 Å². The summed E-state index contributed by atoms with van der Waals surface area (Å²) in [5, 5.41) is 0.718. The summed E-state index contributed by atoms with van der Waals surface area (Å²) in [5.74, 6) is 3.15. The maximum Gasteiger partial charge on any atom is 0.147 e. The van der Waals surface area contributed by atoms with Crippen LogP contribution in [0, 0.1) is 6.92 Å². The lowest BCUT2D eigenvalue weighted by atomic mass is 10.0. The van der Waals surface area contributed by atoms with Gasteiger partial charge in [-0.05, 0) is 79.3 Å². The van der Waals surface area contributed by atoms with E-state index >= 15 is 0 Å². The summed E-state index contributed by atoms with van der Waals surface area (Å²) in [5.41, 5.74) is 4.57. The van der Waals surface area contributed by atoms with Crippen molar-refractivity contribution in [2.24, 2.45) is 0 Å². The number of aryl methyl sites for hydroxylation is 2. The van der Waals surface area contributed by atoms with Crippen molar-refractivity contribution in [1.82, 2.24) is 9.55 Å². The topological polar surface area (TPSA) is 36.3 Å². The molecule has 0 unspecified atom stereocenters. The molecule has 0 fully saturated rings. The summed E-state index contributed by atoms with van der Waals surface area (Å²) in [6.45, 7) is 8.46. The number of hydrogen-bond donors (Lipinski definition) is 0. The van der Waals surface area contributed by atoms with E-state index in [0.29, 0.717) is 19.1 Å². The van der Waals surface area contributed by atoms with Crippen LogP contribution in [0.25, 0.3) is 11.0 Å². The third kappa shape index (κ3) is 5.88. The van der Waals surface area contributed by atoms with Crippen molar-refractivity contribution in [3.8, 4) is 11.5 Å². The number of imidazole rings is 1. The Morgan fingerprint density at radius 1 is 0.939 bits per heavy atom. The van der Waals surface area contributed by atoms with Gasteiger partial charge in [0.05, 0.1) is 17.6 Å². The highest BCUT2D eigenvalue weighted by Gasteiger charge is 2.13. The minimum Gasteiger partial charge on any atom is -0.494 e. The molecule has 0 spiro atoms. The van der Waals surface area contributed by atoms with Crippen molar-refractivity contribution in [3.05, 3.63) is 88.7 Å². The molecule has 0 saturated heterocycles. The number of ether oxygens (including phenoxy) is 2. The molecule has 0 N–H and O–H groups in total. The van der Waals surface area contributed by atoms with Gasteiger partial charge in [0.2, 0.25) is 0 Å². The average molecular weight is 463 g/mol. The summed E-state index contributed by atoms with van der Waals surface area (Å²) in [4.78, 5) is 4.87. The molecule has 1 aromatic heterocycles. The van der Waals surface area contributed by atoms with E-state index in [4.69, 9.17) is 26.1 Å². The van der Waals surface area contributed by atoms with Crippen LogP contribution in [0.3, 0.4) is 0 Å². The molecule has 0 bridgehead atoms. The van der Waals surface area contributed by atoms with E-state index in [1.807, 2.05) is 30.3 Å². The third-order valence-corrected chi connectivity index (χ3v) is 5.99. The summed E-state index contributed by atoms with van der Waals surface area (Å²) in [7, 11) is 0. The molecule has 33 heavy (non-hydrogen) atoms. The van der Waals surface area contributed by atoms with Crippen molar-refractivity contribution in [1.29, 1.82) is 0 Å². The Morgan fingerprint density at radius 3 is 2.52 bits per heavy atom. The molecule has 0 aliphatic rings. The van der Waals surface area contributed by atoms with Gasteiger partial charge in [0.1, 0.15) is 23.9 Å². The summed E-state index contributed by atoms with van der Waals surface area (Å²) < 4.78 is 14.4. The summed E-state index contributed by atoms with van der Waals surface area (Å²) >= 11 is 5.94. The van der Waals surface area contributed by atoms with E-state index in [9.17, 15) is 0 Å². The second-order valence-electron chi connectivity index (χ2n) is 8.66. The molecule has 0 radical (unpaired) electrons. The minimum absolute atomic E-state index is 0.403. The van der Waals surface area contributed by atoms with Gasteiger partial charge in [0, 0.05) is 11.6 Å². The average Bonchev–Trinajstić information content (AvgIpc) is 3.16. The van der Waals surface area contributed by atoms with Gasteiger partial charge < -0.3 is 14.0 Å². The maximum absolute atomic E-state index is 6.31. The first-order chi connectivity index (χ1) is 16.0. The lowest BCUT2D eigenvalue weighted by Gasteiger charge is -2.16. The van der Waals surface area contributed by atoms with E-state index in [2.05, 4.69) is 61.7 Å². The zero-order valence-electron chi connectivity index (χ0n) is 19.6. The van der Waals surface area contributed by atoms with E-state index in [1.165, 1.54) is 11.1 Å². The first kappa shape index (κ1) is 23.2. The van der Waals surface area contributed by atoms with Crippen molar-refractivity contribution >= 4 is 22.6 Å². The van der Waals surface area contributed by atoms with Gasteiger partial charge in [-0.15, -0.1) is 0 Å². The van der Waals surface area contributed by atoms with E-state index in [1.54, 1.807) is 0 Å². The predicted octanol–water partition coefficient (Wildman–Crippen LogP) is 7.56. The van der Waals surface area contributed by atoms with Crippen molar-refractivity contribution < 1.29 is 9.47 Å². The normalized spacial score (nSPS) is 11.3.